The lowest BCUT2D eigenvalue weighted by atomic mass is 10.2. The van der Waals surface area contributed by atoms with Crippen molar-refractivity contribution in [2.45, 2.75) is 25.7 Å². The van der Waals surface area contributed by atoms with Crippen molar-refractivity contribution >= 4 is 25.2 Å². The molecule has 0 bridgehead atoms. The lowest BCUT2D eigenvalue weighted by Crippen LogP contribution is -1.95. The van der Waals surface area contributed by atoms with Crippen molar-refractivity contribution in [2.24, 2.45) is 9.98 Å². The van der Waals surface area contributed by atoms with Crippen molar-refractivity contribution in [3.63, 3.8) is 0 Å². The molecule has 0 saturated heterocycles. The fraction of sp³-hybridized carbons (Fsp3) is 0.500. The third-order valence-corrected chi connectivity index (χ3v) is 1.38. The second kappa shape index (κ2) is 6.39. The monoisotopic (exact) mass is 168 g/mol. The normalized spacial score (nSPS) is 9.00. The van der Waals surface area contributed by atoms with Gasteiger partial charge in [-0.25, -0.2) is 9.98 Å². The molecular formula is C8H12N2O2. The lowest BCUT2D eigenvalue weighted by molar-refractivity contribution is -0.119. The Hall–Kier alpha value is -1.32. The molecule has 4 nitrogen and oxygen atoms in total. The van der Waals surface area contributed by atoms with Gasteiger partial charge >= 0.3 is 0 Å². The van der Waals surface area contributed by atoms with Crippen molar-refractivity contribution in [1.82, 2.24) is 0 Å². The molecule has 0 atom stereocenters. The van der Waals surface area contributed by atoms with E-state index in [-0.39, 0.29) is 11.8 Å². The molecule has 0 aromatic heterocycles. The molecule has 12 heavy (non-hydrogen) atoms. The van der Waals surface area contributed by atoms with E-state index in [1.165, 1.54) is 0 Å². The molecule has 0 aromatic rings. The van der Waals surface area contributed by atoms with Crippen LogP contribution < -0.4 is 0 Å². The summed E-state index contributed by atoms with van der Waals surface area (Å²) in [5.41, 5.74) is 0. The Kier molecular flexibility index (Phi) is 5.69. The Balaban J connectivity index is 3.32. The van der Waals surface area contributed by atoms with Gasteiger partial charge in [0, 0.05) is 12.8 Å². The van der Waals surface area contributed by atoms with E-state index in [4.69, 9.17) is 0 Å². The third kappa shape index (κ3) is 5.46. The Morgan fingerprint density at radius 2 is 1.25 bits per heavy atom. The minimum atomic E-state index is -0.228. The molecule has 0 aromatic carbocycles. The van der Waals surface area contributed by atoms with Crippen LogP contribution in [-0.2, 0) is 9.59 Å². The van der Waals surface area contributed by atoms with Crippen molar-refractivity contribution in [3.8, 4) is 0 Å². The molecule has 2 amide bonds. The van der Waals surface area contributed by atoms with Crippen LogP contribution in [0, 0.1) is 0 Å². The standard InChI is InChI=1S/C8H12N2O2/c1-9-7(11)5-3-4-6-8(12)10-2/h1-6H2. The van der Waals surface area contributed by atoms with E-state index in [1.54, 1.807) is 0 Å². The van der Waals surface area contributed by atoms with E-state index in [9.17, 15) is 9.59 Å². The maximum Gasteiger partial charge on any atom is 0.245 e. The lowest BCUT2D eigenvalue weighted by Gasteiger charge is -1.93. The fourth-order valence-electron chi connectivity index (χ4n) is 0.711. The van der Waals surface area contributed by atoms with Crippen molar-refractivity contribution in [3.05, 3.63) is 0 Å². The van der Waals surface area contributed by atoms with Crippen LogP contribution in [0.25, 0.3) is 0 Å². The molecule has 0 heterocycles. The molecule has 66 valence electrons. The van der Waals surface area contributed by atoms with Gasteiger partial charge in [0.1, 0.15) is 0 Å². The molecule has 0 saturated carbocycles. The topological polar surface area (TPSA) is 58.9 Å². The van der Waals surface area contributed by atoms with Crippen LogP contribution in [0.5, 0.6) is 0 Å². The predicted octanol–water partition coefficient (Wildman–Crippen LogP) is 1.00. The van der Waals surface area contributed by atoms with Gasteiger partial charge in [0.15, 0.2) is 0 Å². The maximum absolute atomic E-state index is 10.6. The molecule has 0 spiro atoms. The first-order valence-electron chi connectivity index (χ1n) is 3.70. The average Bonchev–Trinajstić information content (AvgIpc) is 2.11. The predicted molar refractivity (Wildman–Crippen MR) is 47.6 cm³/mol. The molecular weight excluding hydrogens is 156 g/mol. The molecule has 4 heteroatoms. The molecule has 0 N–H and O–H groups in total. The van der Waals surface area contributed by atoms with Gasteiger partial charge in [0.25, 0.3) is 0 Å². The second-order valence-electron chi connectivity index (χ2n) is 2.31. The van der Waals surface area contributed by atoms with Gasteiger partial charge in [0.2, 0.25) is 11.8 Å². The Morgan fingerprint density at radius 3 is 1.50 bits per heavy atom. The second-order valence-corrected chi connectivity index (χ2v) is 2.31. The van der Waals surface area contributed by atoms with Crippen LogP contribution in [0.2, 0.25) is 0 Å². The van der Waals surface area contributed by atoms with Crippen LogP contribution in [0.3, 0.4) is 0 Å². The molecule has 0 rings (SSSR count). The number of nitrogens with zero attached hydrogens (tertiary/aromatic N) is 2. The highest BCUT2D eigenvalue weighted by atomic mass is 16.1. The summed E-state index contributed by atoms with van der Waals surface area (Å²) in [4.78, 5) is 27.6. The number of hydrogen-bond donors (Lipinski definition) is 0. The van der Waals surface area contributed by atoms with Gasteiger partial charge < -0.3 is 0 Å². The van der Waals surface area contributed by atoms with Gasteiger partial charge in [-0.15, -0.1) is 0 Å². The molecule has 0 radical (unpaired) electrons. The van der Waals surface area contributed by atoms with Gasteiger partial charge in [-0.2, -0.15) is 0 Å². The zero-order valence-electron chi connectivity index (χ0n) is 6.95. The largest absolute Gasteiger partial charge is 0.273 e. The van der Waals surface area contributed by atoms with E-state index in [0.29, 0.717) is 25.7 Å². The summed E-state index contributed by atoms with van der Waals surface area (Å²) in [5.74, 6) is -0.456. The van der Waals surface area contributed by atoms with Crippen LogP contribution >= 0.6 is 0 Å². The minimum absolute atomic E-state index is 0.228. The van der Waals surface area contributed by atoms with Crippen LogP contribution in [-0.4, -0.2) is 25.2 Å². The third-order valence-electron chi connectivity index (χ3n) is 1.38. The number of amides is 2. The zero-order chi connectivity index (χ0) is 9.40. The zero-order valence-corrected chi connectivity index (χ0v) is 6.95. The number of unbranched alkanes of at least 4 members (excludes halogenated alkanes) is 1. The minimum Gasteiger partial charge on any atom is -0.273 e. The van der Waals surface area contributed by atoms with E-state index in [1.807, 2.05) is 0 Å². The summed E-state index contributed by atoms with van der Waals surface area (Å²) in [5, 5.41) is 0. The summed E-state index contributed by atoms with van der Waals surface area (Å²) in [6, 6.07) is 0. The summed E-state index contributed by atoms with van der Waals surface area (Å²) in [7, 11) is 0. The number of aliphatic imine (C=N–C) groups is 2. The number of carbonyl (C=O) groups excluding carboxylic acids is 2. The molecule has 0 fully saturated rings. The Morgan fingerprint density at radius 1 is 0.917 bits per heavy atom. The first-order chi connectivity index (χ1) is 5.70. The number of rotatable bonds is 5. The highest BCUT2D eigenvalue weighted by molar-refractivity contribution is 5.81. The summed E-state index contributed by atoms with van der Waals surface area (Å²) >= 11 is 0. The van der Waals surface area contributed by atoms with Crippen LogP contribution in [0.4, 0.5) is 0 Å². The average molecular weight is 168 g/mol. The Bertz CT molecular complexity index is 177. The van der Waals surface area contributed by atoms with Gasteiger partial charge in [-0.05, 0) is 26.3 Å². The number of carbonyl (C=O) groups is 2. The molecule has 0 unspecified atom stereocenters. The molecule has 0 aliphatic carbocycles. The van der Waals surface area contributed by atoms with E-state index < -0.39 is 0 Å². The summed E-state index contributed by atoms with van der Waals surface area (Å²) in [6.45, 7) is 6.19. The van der Waals surface area contributed by atoms with E-state index >= 15 is 0 Å². The molecule has 0 aliphatic heterocycles. The van der Waals surface area contributed by atoms with E-state index in [0.717, 1.165) is 0 Å². The van der Waals surface area contributed by atoms with Gasteiger partial charge in [-0.1, -0.05) is 0 Å². The van der Waals surface area contributed by atoms with Crippen LogP contribution in [0.15, 0.2) is 9.98 Å². The smallest absolute Gasteiger partial charge is 0.245 e. The quantitative estimate of drug-likeness (QED) is 0.454. The number of hydrogen-bond acceptors (Lipinski definition) is 2. The Labute approximate surface area is 71.4 Å². The SMILES string of the molecule is C=NC(=O)CCCCC(=O)N=C. The van der Waals surface area contributed by atoms with Crippen molar-refractivity contribution in [2.75, 3.05) is 0 Å². The van der Waals surface area contributed by atoms with Crippen molar-refractivity contribution < 1.29 is 9.59 Å². The first kappa shape index (κ1) is 10.7. The van der Waals surface area contributed by atoms with E-state index in [2.05, 4.69) is 23.4 Å². The first-order valence-corrected chi connectivity index (χ1v) is 3.70. The fourth-order valence-corrected chi connectivity index (χ4v) is 0.711. The van der Waals surface area contributed by atoms with Gasteiger partial charge in [-0.3, -0.25) is 9.59 Å². The summed E-state index contributed by atoms with van der Waals surface area (Å²) < 4.78 is 0. The summed E-state index contributed by atoms with van der Waals surface area (Å²) in [6.07, 6.45) is 2.01. The van der Waals surface area contributed by atoms with Gasteiger partial charge in [0.05, 0.1) is 0 Å². The highest BCUT2D eigenvalue weighted by Gasteiger charge is 1.99. The highest BCUT2D eigenvalue weighted by Crippen LogP contribution is 2.01. The maximum atomic E-state index is 10.6. The molecule has 0 aliphatic rings. The van der Waals surface area contributed by atoms with Crippen LogP contribution in [0.1, 0.15) is 25.7 Å². The van der Waals surface area contributed by atoms with Crippen molar-refractivity contribution in [1.29, 1.82) is 0 Å².